The van der Waals surface area contributed by atoms with E-state index in [1.165, 1.54) is 0 Å². The minimum absolute atomic E-state index is 0.00455. The van der Waals surface area contributed by atoms with Gasteiger partial charge in [0.1, 0.15) is 0 Å². The predicted octanol–water partition coefficient (Wildman–Crippen LogP) is 1.22. The molecule has 1 aromatic heterocycles. The molecular formula is C10H13ClFN3O2. The molecule has 2 heterocycles. The van der Waals surface area contributed by atoms with Gasteiger partial charge in [-0.1, -0.05) is 0 Å². The lowest BCUT2D eigenvalue weighted by molar-refractivity contribution is -0.0544. The average Bonchev–Trinajstić information content (AvgIpc) is 2.31. The normalized spacial score (nSPS) is 19.0. The number of rotatable bonds is 3. The van der Waals surface area contributed by atoms with E-state index >= 15 is 0 Å². The molecule has 0 spiro atoms. The third-order valence-corrected chi connectivity index (χ3v) is 2.91. The molecule has 1 aromatic rings. The Hall–Kier alpha value is -0.980. The number of aromatic nitrogens is 2. The molecule has 94 valence electrons. The van der Waals surface area contributed by atoms with Gasteiger partial charge in [0.15, 0.2) is 11.6 Å². The Morgan fingerprint density at radius 3 is 2.94 bits per heavy atom. The fourth-order valence-electron chi connectivity index (χ4n) is 1.65. The zero-order valence-electron chi connectivity index (χ0n) is 9.12. The summed E-state index contributed by atoms with van der Waals surface area (Å²) >= 11 is 5.56. The van der Waals surface area contributed by atoms with Crippen molar-refractivity contribution in [3.8, 4) is 0 Å². The Morgan fingerprint density at radius 1 is 1.53 bits per heavy atom. The van der Waals surface area contributed by atoms with Crippen LogP contribution in [0.2, 0.25) is 5.28 Å². The highest BCUT2D eigenvalue weighted by Crippen LogP contribution is 2.21. The summed E-state index contributed by atoms with van der Waals surface area (Å²) < 4.78 is 18.4. The van der Waals surface area contributed by atoms with E-state index in [4.69, 9.17) is 16.3 Å². The number of halogens is 2. The van der Waals surface area contributed by atoms with Crippen LogP contribution in [0.5, 0.6) is 0 Å². The van der Waals surface area contributed by atoms with Crippen LogP contribution in [0.25, 0.3) is 0 Å². The summed E-state index contributed by atoms with van der Waals surface area (Å²) in [6, 6.07) is 0. The summed E-state index contributed by atoms with van der Waals surface area (Å²) in [6.07, 6.45) is 2.02. The smallest absolute Gasteiger partial charge is 0.224 e. The first-order chi connectivity index (χ1) is 8.09. The minimum Gasteiger partial charge on any atom is -0.388 e. The second kappa shape index (κ2) is 5.12. The molecule has 0 aliphatic carbocycles. The fourth-order valence-corrected chi connectivity index (χ4v) is 1.78. The molecule has 0 bridgehead atoms. The van der Waals surface area contributed by atoms with Crippen molar-refractivity contribution in [3.05, 3.63) is 17.3 Å². The standard InChI is InChI=1S/C10H13ClFN3O2/c11-9-13-5-7(12)8(15-9)14-6-10(16)1-3-17-4-2-10/h5,16H,1-4,6H2,(H,13,14,15). The molecule has 1 saturated heterocycles. The fraction of sp³-hybridized carbons (Fsp3) is 0.600. The number of nitrogens with one attached hydrogen (secondary N) is 1. The highest BCUT2D eigenvalue weighted by atomic mass is 35.5. The highest BCUT2D eigenvalue weighted by Gasteiger charge is 2.29. The Labute approximate surface area is 103 Å². The average molecular weight is 262 g/mol. The number of ether oxygens (including phenoxy) is 1. The van der Waals surface area contributed by atoms with E-state index in [0.29, 0.717) is 26.1 Å². The van der Waals surface area contributed by atoms with Crippen molar-refractivity contribution in [3.63, 3.8) is 0 Å². The van der Waals surface area contributed by atoms with Crippen LogP contribution in [0.3, 0.4) is 0 Å². The molecule has 2 rings (SSSR count). The van der Waals surface area contributed by atoms with E-state index in [1.807, 2.05) is 0 Å². The molecule has 1 fully saturated rings. The van der Waals surface area contributed by atoms with E-state index in [2.05, 4.69) is 15.3 Å². The zero-order valence-corrected chi connectivity index (χ0v) is 9.87. The van der Waals surface area contributed by atoms with Gasteiger partial charge in [-0.25, -0.2) is 9.37 Å². The summed E-state index contributed by atoms with van der Waals surface area (Å²) in [7, 11) is 0. The van der Waals surface area contributed by atoms with Crippen molar-refractivity contribution in [2.75, 3.05) is 25.1 Å². The van der Waals surface area contributed by atoms with Crippen LogP contribution in [0.1, 0.15) is 12.8 Å². The predicted molar refractivity (Wildman–Crippen MR) is 60.5 cm³/mol. The number of anilines is 1. The van der Waals surface area contributed by atoms with E-state index in [0.717, 1.165) is 6.20 Å². The summed E-state index contributed by atoms with van der Waals surface area (Å²) in [4.78, 5) is 7.22. The van der Waals surface area contributed by atoms with Gasteiger partial charge in [-0.2, -0.15) is 4.98 Å². The lowest BCUT2D eigenvalue weighted by atomic mass is 9.94. The van der Waals surface area contributed by atoms with Crippen LogP contribution < -0.4 is 5.32 Å². The molecule has 0 atom stereocenters. The molecule has 17 heavy (non-hydrogen) atoms. The number of aliphatic hydroxyl groups is 1. The van der Waals surface area contributed by atoms with Crippen LogP contribution in [0.4, 0.5) is 10.2 Å². The number of hydrogen-bond acceptors (Lipinski definition) is 5. The maximum atomic E-state index is 13.3. The van der Waals surface area contributed by atoms with E-state index in [-0.39, 0.29) is 17.6 Å². The Bertz CT molecular complexity index is 399. The van der Waals surface area contributed by atoms with Crippen molar-refractivity contribution < 1.29 is 14.2 Å². The first kappa shape index (κ1) is 12.5. The second-order valence-electron chi connectivity index (χ2n) is 4.03. The second-order valence-corrected chi connectivity index (χ2v) is 4.36. The topological polar surface area (TPSA) is 67.3 Å². The SMILES string of the molecule is OC1(CNc2nc(Cl)ncc2F)CCOCC1. The third kappa shape index (κ3) is 3.24. The maximum absolute atomic E-state index is 13.3. The minimum atomic E-state index is -0.887. The molecule has 5 nitrogen and oxygen atoms in total. The molecule has 0 unspecified atom stereocenters. The summed E-state index contributed by atoms with van der Waals surface area (Å²) in [5, 5.41) is 12.9. The molecule has 1 aliphatic rings. The molecule has 0 amide bonds. The molecule has 7 heteroatoms. The molecule has 1 aliphatic heterocycles. The first-order valence-electron chi connectivity index (χ1n) is 5.31. The van der Waals surface area contributed by atoms with E-state index in [9.17, 15) is 9.50 Å². The summed E-state index contributed by atoms with van der Waals surface area (Å²) in [5.41, 5.74) is -0.887. The van der Waals surface area contributed by atoms with Crippen LogP contribution in [-0.2, 0) is 4.74 Å². The van der Waals surface area contributed by atoms with Crippen LogP contribution >= 0.6 is 11.6 Å². The van der Waals surface area contributed by atoms with Gasteiger partial charge in [-0.3, -0.25) is 0 Å². The third-order valence-electron chi connectivity index (χ3n) is 2.72. The Balaban J connectivity index is 1.99. The summed E-state index contributed by atoms with van der Waals surface area (Å²) in [6.45, 7) is 1.22. The van der Waals surface area contributed by atoms with Crippen molar-refractivity contribution in [2.24, 2.45) is 0 Å². The van der Waals surface area contributed by atoms with Crippen molar-refractivity contribution >= 4 is 17.4 Å². The van der Waals surface area contributed by atoms with Crippen LogP contribution in [0, 0.1) is 5.82 Å². The monoisotopic (exact) mass is 261 g/mol. The van der Waals surface area contributed by atoms with Gasteiger partial charge in [0.2, 0.25) is 5.28 Å². The zero-order chi connectivity index (χ0) is 12.3. The highest BCUT2D eigenvalue weighted by molar-refractivity contribution is 6.28. The largest absolute Gasteiger partial charge is 0.388 e. The molecular weight excluding hydrogens is 249 g/mol. The van der Waals surface area contributed by atoms with Gasteiger partial charge in [0.05, 0.1) is 11.8 Å². The molecule has 0 aromatic carbocycles. The Morgan fingerprint density at radius 2 is 2.24 bits per heavy atom. The molecule has 2 N–H and O–H groups in total. The van der Waals surface area contributed by atoms with Crippen molar-refractivity contribution in [1.29, 1.82) is 0 Å². The lowest BCUT2D eigenvalue weighted by Gasteiger charge is -2.32. The van der Waals surface area contributed by atoms with E-state index < -0.39 is 11.4 Å². The van der Waals surface area contributed by atoms with Gasteiger partial charge in [0.25, 0.3) is 0 Å². The first-order valence-corrected chi connectivity index (χ1v) is 5.69. The number of hydrogen-bond donors (Lipinski definition) is 2. The van der Waals surface area contributed by atoms with Gasteiger partial charge in [0, 0.05) is 32.6 Å². The van der Waals surface area contributed by atoms with Crippen LogP contribution in [0.15, 0.2) is 6.20 Å². The molecule has 0 saturated carbocycles. The van der Waals surface area contributed by atoms with Crippen molar-refractivity contribution in [1.82, 2.24) is 9.97 Å². The van der Waals surface area contributed by atoms with Crippen molar-refractivity contribution in [2.45, 2.75) is 18.4 Å². The van der Waals surface area contributed by atoms with Gasteiger partial charge in [-0.15, -0.1) is 0 Å². The summed E-state index contributed by atoms with van der Waals surface area (Å²) in [5.74, 6) is -0.588. The van der Waals surface area contributed by atoms with Crippen LogP contribution in [-0.4, -0.2) is 40.4 Å². The quantitative estimate of drug-likeness (QED) is 0.801. The van der Waals surface area contributed by atoms with Gasteiger partial charge >= 0.3 is 0 Å². The Kier molecular flexibility index (Phi) is 3.76. The maximum Gasteiger partial charge on any atom is 0.224 e. The van der Waals surface area contributed by atoms with E-state index in [1.54, 1.807) is 0 Å². The van der Waals surface area contributed by atoms with Gasteiger partial charge in [-0.05, 0) is 11.6 Å². The van der Waals surface area contributed by atoms with Gasteiger partial charge < -0.3 is 15.2 Å². The number of nitrogens with zero attached hydrogens (tertiary/aromatic N) is 2. The molecule has 0 radical (unpaired) electrons. The lowest BCUT2D eigenvalue weighted by Crippen LogP contribution is -2.42.